The van der Waals surface area contributed by atoms with Crippen LogP contribution in [0.25, 0.3) is 0 Å². The minimum atomic E-state index is -0.839. The Balaban J connectivity index is 0.00000254. The highest BCUT2D eigenvalue weighted by atomic mass is 16.6. The van der Waals surface area contributed by atoms with Gasteiger partial charge >= 0.3 is 12.2 Å². The standard InChI is InChI=1S/C14H22N4O4.C2H6/c1-13(2,3)21-11(19)16-10(18-9-7-8-15-18)17-12(20)22-14(4,5)6;1-2/h7-9H,1-6H3,(H,16,17,19,20);1-2H3. The van der Waals surface area contributed by atoms with Crippen molar-refractivity contribution in [1.29, 1.82) is 0 Å². The third-order valence-corrected chi connectivity index (χ3v) is 1.92. The molecule has 0 atom stereocenters. The molecule has 0 aliphatic rings. The Hall–Kier alpha value is -2.38. The highest BCUT2D eigenvalue weighted by Gasteiger charge is 2.21. The first-order chi connectivity index (χ1) is 11.0. The molecule has 0 fully saturated rings. The fourth-order valence-corrected chi connectivity index (χ4v) is 1.30. The Morgan fingerprint density at radius 1 is 1.04 bits per heavy atom. The Labute approximate surface area is 143 Å². The van der Waals surface area contributed by atoms with Gasteiger partial charge in [-0.15, -0.1) is 4.99 Å². The molecule has 0 aliphatic carbocycles. The maximum absolute atomic E-state index is 11.8. The third kappa shape index (κ3) is 9.60. The fraction of sp³-hybridized carbons (Fsp3) is 0.625. The Morgan fingerprint density at radius 3 is 2.00 bits per heavy atom. The number of carbonyl (C=O) groups is 2. The lowest BCUT2D eigenvalue weighted by Crippen LogP contribution is -2.40. The smallest absolute Gasteiger partial charge is 0.437 e. The minimum absolute atomic E-state index is 0.103. The Kier molecular flexibility index (Phi) is 8.15. The van der Waals surface area contributed by atoms with Gasteiger partial charge in [0.25, 0.3) is 0 Å². The Bertz CT molecular complexity index is 552. The normalized spacial score (nSPS) is 11.9. The quantitative estimate of drug-likeness (QED) is 0.575. The largest absolute Gasteiger partial charge is 0.444 e. The van der Waals surface area contributed by atoms with Crippen molar-refractivity contribution in [3.05, 3.63) is 18.5 Å². The van der Waals surface area contributed by atoms with Crippen molar-refractivity contribution in [2.75, 3.05) is 0 Å². The molecule has 8 heteroatoms. The molecule has 0 unspecified atom stereocenters. The summed E-state index contributed by atoms with van der Waals surface area (Å²) in [5.41, 5.74) is -1.37. The lowest BCUT2D eigenvalue weighted by molar-refractivity contribution is 0.0560. The van der Waals surface area contributed by atoms with Crippen molar-refractivity contribution in [2.45, 2.75) is 66.6 Å². The van der Waals surface area contributed by atoms with Crippen molar-refractivity contribution in [1.82, 2.24) is 15.1 Å². The molecule has 0 saturated carbocycles. The average Bonchev–Trinajstić information content (AvgIpc) is 2.89. The zero-order valence-electron chi connectivity index (χ0n) is 15.7. The number of carbonyl (C=O) groups excluding carboxylic acids is 2. The molecule has 0 bridgehead atoms. The number of aromatic nitrogens is 2. The van der Waals surface area contributed by atoms with Gasteiger partial charge in [-0.1, -0.05) is 13.8 Å². The van der Waals surface area contributed by atoms with E-state index in [2.05, 4.69) is 15.4 Å². The van der Waals surface area contributed by atoms with Gasteiger partial charge in [0.05, 0.1) is 0 Å². The molecule has 2 amide bonds. The number of nitrogens with one attached hydrogen (secondary N) is 1. The number of nitrogens with zero attached hydrogens (tertiary/aromatic N) is 3. The van der Waals surface area contributed by atoms with E-state index in [1.54, 1.807) is 47.6 Å². The SMILES string of the molecule is CC.CC(C)(C)OC(=O)/N=C(\NC(=O)OC(C)(C)C)n1cccn1. The van der Waals surface area contributed by atoms with Crippen LogP contribution in [0.1, 0.15) is 55.4 Å². The second kappa shape index (κ2) is 9.05. The van der Waals surface area contributed by atoms with E-state index >= 15 is 0 Å². The molecule has 136 valence electrons. The van der Waals surface area contributed by atoms with Crippen LogP contribution in [0, 0.1) is 0 Å². The minimum Gasteiger partial charge on any atom is -0.444 e. The molecule has 1 rings (SSSR count). The van der Waals surface area contributed by atoms with Crippen LogP contribution in [0.15, 0.2) is 23.5 Å². The van der Waals surface area contributed by atoms with Gasteiger partial charge < -0.3 is 9.47 Å². The van der Waals surface area contributed by atoms with E-state index in [1.165, 1.54) is 17.1 Å². The van der Waals surface area contributed by atoms with Crippen LogP contribution >= 0.6 is 0 Å². The van der Waals surface area contributed by atoms with Crippen molar-refractivity contribution in [2.24, 2.45) is 4.99 Å². The van der Waals surface area contributed by atoms with Crippen LogP contribution in [-0.2, 0) is 9.47 Å². The molecular weight excluding hydrogens is 312 g/mol. The van der Waals surface area contributed by atoms with Crippen LogP contribution in [0.4, 0.5) is 9.59 Å². The first kappa shape index (κ1) is 21.6. The van der Waals surface area contributed by atoms with Gasteiger partial charge in [-0.3, -0.25) is 5.32 Å². The number of ether oxygens (including phenoxy) is 2. The molecule has 1 heterocycles. The molecule has 24 heavy (non-hydrogen) atoms. The molecule has 8 nitrogen and oxygen atoms in total. The molecule has 0 radical (unpaired) electrons. The molecule has 0 aromatic carbocycles. The predicted molar refractivity (Wildman–Crippen MR) is 92.0 cm³/mol. The lowest BCUT2D eigenvalue weighted by atomic mass is 10.2. The van der Waals surface area contributed by atoms with Gasteiger partial charge in [0, 0.05) is 12.4 Å². The zero-order chi connectivity index (χ0) is 19.0. The fourth-order valence-electron chi connectivity index (χ4n) is 1.30. The third-order valence-electron chi connectivity index (χ3n) is 1.92. The molecule has 1 N–H and O–H groups in total. The van der Waals surface area contributed by atoms with Gasteiger partial charge in [-0.25, -0.2) is 14.3 Å². The summed E-state index contributed by atoms with van der Waals surface area (Å²) < 4.78 is 11.4. The second-order valence-corrected chi connectivity index (χ2v) is 6.49. The first-order valence-electron chi connectivity index (χ1n) is 7.78. The van der Waals surface area contributed by atoms with Crippen molar-refractivity contribution in [3.63, 3.8) is 0 Å². The van der Waals surface area contributed by atoms with Crippen LogP contribution in [0.3, 0.4) is 0 Å². The van der Waals surface area contributed by atoms with E-state index in [4.69, 9.17) is 9.47 Å². The van der Waals surface area contributed by atoms with Crippen LogP contribution < -0.4 is 5.32 Å². The summed E-state index contributed by atoms with van der Waals surface area (Å²) in [5.74, 6) is -0.103. The van der Waals surface area contributed by atoms with E-state index in [9.17, 15) is 9.59 Å². The number of alkyl carbamates (subject to hydrolysis) is 1. The van der Waals surface area contributed by atoms with Gasteiger partial charge in [-0.2, -0.15) is 5.10 Å². The first-order valence-corrected chi connectivity index (χ1v) is 7.78. The van der Waals surface area contributed by atoms with E-state index in [0.29, 0.717) is 0 Å². The number of aliphatic imine (C=N–C) groups is 1. The van der Waals surface area contributed by atoms with E-state index in [0.717, 1.165) is 0 Å². The maximum Gasteiger partial charge on any atom is 0.437 e. The van der Waals surface area contributed by atoms with E-state index in [-0.39, 0.29) is 5.96 Å². The molecule has 0 spiro atoms. The number of hydrogen-bond acceptors (Lipinski definition) is 5. The highest BCUT2D eigenvalue weighted by Crippen LogP contribution is 2.09. The number of rotatable bonds is 0. The topological polar surface area (TPSA) is 94.8 Å². The van der Waals surface area contributed by atoms with Gasteiger partial charge in [0.15, 0.2) is 0 Å². The summed E-state index contributed by atoms with van der Waals surface area (Å²) >= 11 is 0. The lowest BCUT2D eigenvalue weighted by Gasteiger charge is -2.20. The predicted octanol–water partition coefficient (Wildman–Crippen LogP) is 3.57. The molecule has 1 aromatic rings. The monoisotopic (exact) mass is 340 g/mol. The summed E-state index contributed by atoms with van der Waals surface area (Å²) in [5, 5.41) is 6.30. The van der Waals surface area contributed by atoms with Crippen molar-refractivity contribution < 1.29 is 19.1 Å². The van der Waals surface area contributed by atoms with Gasteiger partial charge in [-0.05, 0) is 47.6 Å². The van der Waals surface area contributed by atoms with Gasteiger partial charge in [0.2, 0.25) is 5.96 Å². The zero-order valence-corrected chi connectivity index (χ0v) is 15.7. The van der Waals surface area contributed by atoms with Crippen LogP contribution in [0.2, 0.25) is 0 Å². The summed E-state index contributed by atoms with van der Waals surface area (Å²) in [7, 11) is 0. The van der Waals surface area contributed by atoms with E-state index < -0.39 is 23.4 Å². The molecule has 0 aliphatic heterocycles. The highest BCUT2D eigenvalue weighted by molar-refractivity contribution is 5.99. The summed E-state index contributed by atoms with van der Waals surface area (Å²) in [6.45, 7) is 14.3. The average molecular weight is 340 g/mol. The summed E-state index contributed by atoms with van der Waals surface area (Å²) in [6, 6.07) is 1.63. The van der Waals surface area contributed by atoms with E-state index in [1.807, 2.05) is 13.8 Å². The summed E-state index contributed by atoms with van der Waals surface area (Å²) in [4.78, 5) is 27.3. The molecular formula is C16H28N4O4. The number of amides is 2. The Morgan fingerprint density at radius 2 is 1.58 bits per heavy atom. The van der Waals surface area contributed by atoms with Crippen molar-refractivity contribution >= 4 is 18.1 Å². The van der Waals surface area contributed by atoms with Crippen LogP contribution in [0.5, 0.6) is 0 Å². The van der Waals surface area contributed by atoms with Crippen molar-refractivity contribution in [3.8, 4) is 0 Å². The second-order valence-electron chi connectivity index (χ2n) is 6.49. The number of hydrogen-bond donors (Lipinski definition) is 1. The van der Waals surface area contributed by atoms with Crippen LogP contribution in [-0.4, -0.2) is 39.1 Å². The molecule has 1 aromatic heterocycles. The summed E-state index contributed by atoms with van der Waals surface area (Å²) in [6.07, 6.45) is 1.43. The maximum atomic E-state index is 11.8. The van der Waals surface area contributed by atoms with Gasteiger partial charge in [0.1, 0.15) is 11.2 Å². The molecule has 0 saturated heterocycles.